The molecule has 1 saturated heterocycles. The van der Waals surface area contributed by atoms with Crippen LogP contribution in [0.1, 0.15) is 52.5 Å². The molecule has 0 N–H and O–H groups in total. The molecule has 8 nitrogen and oxygen atoms in total. The highest BCUT2D eigenvalue weighted by Crippen LogP contribution is 2.48. The lowest BCUT2D eigenvalue weighted by Gasteiger charge is -2.28. The molecule has 0 aromatic heterocycles. The third-order valence-corrected chi connectivity index (χ3v) is 6.93. The fourth-order valence-corrected chi connectivity index (χ4v) is 5.19. The molecule has 3 rings (SSSR count). The summed E-state index contributed by atoms with van der Waals surface area (Å²) in [5.74, 6) is -0.989. The lowest BCUT2D eigenvalue weighted by atomic mass is 9.87. The summed E-state index contributed by atoms with van der Waals surface area (Å²) in [6.45, 7) is 3.57. The van der Waals surface area contributed by atoms with Crippen molar-refractivity contribution in [3.05, 3.63) is 50.5 Å². The van der Waals surface area contributed by atoms with Crippen LogP contribution < -0.4 is 14.2 Å². The minimum absolute atomic E-state index is 0.0636. The molecule has 0 amide bonds. The van der Waals surface area contributed by atoms with Crippen molar-refractivity contribution >= 4 is 45.3 Å². The van der Waals surface area contributed by atoms with Gasteiger partial charge in [-0.15, -0.1) is 0 Å². The van der Waals surface area contributed by atoms with Crippen molar-refractivity contribution in [2.45, 2.75) is 32.2 Å². The standard InChI is InChI=1S/C25H27BrClNO7/c1-13(29)22-20(32-4)11-21(33-5)23(17-8-9-28(3)19(17)12-34-14(2)30)24(22)35-25(31)16-7-6-15(27)10-18(16)26/h6-7,10-11,17,19H,8-9,12H2,1-5H3. The molecule has 35 heavy (non-hydrogen) atoms. The fourth-order valence-electron chi connectivity index (χ4n) is 4.34. The van der Waals surface area contributed by atoms with Crippen LogP contribution >= 0.6 is 27.5 Å². The summed E-state index contributed by atoms with van der Waals surface area (Å²) in [6, 6.07) is 6.08. The minimum Gasteiger partial charge on any atom is -0.496 e. The smallest absolute Gasteiger partial charge is 0.344 e. The molecule has 2 aromatic carbocycles. The number of halogens is 2. The highest BCUT2D eigenvalue weighted by Gasteiger charge is 2.40. The van der Waals surface area contributed by atoms with Crippen molar-refractivity contribution in [2.24, 2.45) is 0 Å². The Morgan fingerprint density at radius 3 is 2.37 bits per heavy atom. The summed E-state index contributed by atoms with van der Waals surface area (Å²) in [7, 11) is 4.84. The number of likely N-dealkylation sites (tertiary alicyclic amines) is 1. The molecule has 2 unspecified atom stereocenters. The SMILES string of the molecule is COc1cc(OC)c(C2CCN(C)C2COC(C)=O)c(OC(=O)c2ccc(Cl)cc2Br)c1C(C)=O. The third-order valence-electron chi connectivity index (χ3n) is 6.04. The normalized spacial score (nSPS) is 17.7. The first-order valence-electron chi connectivity index (χ1n) is 10.9. The average Bonchev–Trinajstić information content (AvgIpc) is 3.15. The Balaban J connectivity index is 2.20. The molecule has 0 spiro atoms. The number of carbonyl (C=O) groups is 3. The average molecular weight is 569 g/mol. The maximum atomic E-state index is 13.3. The van der Waals surface area contributed by atoms with Gasteiger partial charge in [0, 0.05) is 34.0 Å². The van der Waals surface area contributed by atoms with Gasteiger partial charge in [-0.2, -0.15) is 0 Å². The van der Waals surface area contributed by atoms with Crippen LogP contribution in [0.5, 0.6) is 17.2 Å². The van der Waals surface area contributed by atoms with Gasteiger partial charge in [-0.05, 0) is 61.1 Å². The zero-order chi connectivity index (χ0) is 25.9. The van der Waals surface area contributed by atoms with E-state index >= 15 is 0 Å². The Morgan fingerprint density at radius 1 is 1.11 bits per heavy atom. The number of ketones is 1. The molecular formula is C25H27BrClNO7. The van der Waals surface area contributed by atoms with Crippen molar-refractivity contribution < 1.29 is 33.3 Å². The molecule has 0 radical (unpaired) electrons. The van der Waals surface area contributed by atoms with Gasteiger partial charge in [0.2, 0.25) is 0 Å². The predicted molar refractivity (Wildman–Crippen MR) is 134 cm³/mol. The van der Waals surface area contributed by atoms with E-state index in [1.54, 1.807) is 18.2 Å². The van der Waals surface area contributed by atoms with E-state index in [0.717, 1.165) is 0 Å². The molecule has 1 fully saturated rings. The third kappa shape index (κ3) is 5.79. The van der Waals surface area contributed by atoms with Gasteiger partial charge in [0.25, 0.3) is 0 Å². The molecule has 2 aromatic rings. The van der Waals surface area contributed by atoms with Crippen molar-refractivity contribution in [3.63, 3.8) is 0 Å². The lowest BCUT2D eigenvalue weighted by molar-refractivity contribution is -0.142. The minimum atomic E-state index is -0.685. The summed E-state index contributed by atoms with van der Waals surface area (Å²) in [5.41, 5.74) is 0.901. The van der Waals surface area contributed by atoms with Crippen LogP contribution in [0.2, 0.25) is 5.02 Å². The molecule has 10 heteroatoms. The lowest BCUT2D eigenvalue weighted by Crippen LogP contribution is -2.34. The van der Waals surface area contributed by atoms with Gasteiger partial charge in [0.05, 0.1) is 25.8 Å². The van der Waals surface area contributed by atoms with E-state index in [2.05, 4.69) is 20.8 Å². The van der Waals surface area contributed by atoms with E-state index in [-0.39, 0.29) is 47.0 Å². The second-order valence-electron chi connectivity index (χ2n) is 8.21. The monoisotopic (exact) mass is 567 g/mol. The number of esters is 2. The number of rotatable bonds is 8. The molecule has 1 aliphatic rings. The van der Waals surface area contributed by atoms with Crippen LogP contribution in [-0.2, 0) is 9.53 Å². The molecule has 0 saturated carbocycles. The van der Waals surface area contributed by atoms with E-state index in [0.29, 0.717) is 33.8 Å². The van der Waals surface area contributed by atoms with E-state index < -0.39 is 11.9 Å². The summed E-state index contributed by atoms with van der Waals surface area (Å²) >= 11 is 9.36. The summed E-state index contributed by atoms with van der Waals surface area (Å²) in [6.07, 6.45) is 0.664. The van der Waals surface area contributed by atoms with Crippen LogP contribution in [0.4, 0.5) is 0 Å². The van der Waals surface area contributed by atoms with Crippen molar-refractivity contribution in [3.8, 4) is 17.2 Å². The first-order chi connectivity index (χ1) is 16.6. The number of Topliss-reactive ketones (excluding diaryl/α,β-unsaturated/α-hetero) is 1. The van der Waals surface area contributed by atoms with Crippen LogP contribution in [-0.4, -0.2) is 63.1 Å². The molecular weight excluding hydrogens is 542 g/mol. The summed E-state index contributed by atoms with van der Waals surface area (Å²) < 4.78 is 22.8. The highest BCUT2D eigenvalue weighted by atomic mass is 79.9. The predicted octanol–water partition coefficient (Wildman–Crippen LogP) is 4.89. The largest absolute Gasteiger partial charge is 0.496 e. The van der Waals surface area contributed by atoms with E-state index in [1.807, 2.05) is 7.05 Å². The summed E-state index contributed by atoms with van der Waals surface area (Å²) in [4.78, 5) is 39.6. The first-order valence-corrected chi connectivity index (χ1v) is 12.1. The Morgan fingerprint density at radius 2 is 1.80 bits per heavy atom. The Bertz CT molecular complexity index is 1150. The number of nitrogens with zero attached hydrogens (tertiary/aromatic N) is 1. The number of hydrogen-bond donors (Lipinski definition) is 0. The number of carbonyl (C=O) groups excluding carboxylic acids is 3. The van der Waals surface area contributed by atoms with Gasteiger partial charge in [-0.25, -0.2) is 4.79 Å². The maximum absolute atomic E-state index is 13.3. The van der Waals surface area contributed by atoms with Crippen molar-refractivity contribution in [2.75, 3.05) is 34.4 Å². The quantitative estimate of drug-likeness (QED) is 0.253. The molecule has 1 heterocycles. The number of hydrogen-bond acceptors (Lipinski definition) is 8. The first kappa shape index (κ1) is 27.0. The van der Waals surface area contributed by atoms with E-state index in [1.165, 1.54) is 34.1 Å². The maximum Gasteiger partial charge on any atom is 0.344 e. The summed E-state index contributed by atoms with van der Waals surface area (Å²) in [5, 5.41) is 0.448. The van der Waals surface area contributed by atoms with Gasteiger partial charge >= 0.3 is 11.9 Å². The number of methoxy groups -OCH3 is 2. The topological polar surface area (TPSA) is 91.4 Å². The Kier molecular flexibility index (Phi) is 8.79. The number of benzene rings is 2. The molecule has 0 bridgehead atoms. The van der Waals surface area contributed by atoms with Gasteiger partial charge in [0.15, 0.2) is 11.5 Å². The van der Waals surface area contributed by atoms with Gasteiger partial charge < -0.3 is 18.9 Å². The second kappa shape index (κ2) is 11.4. The zero-order valence-electron chi connectivity index (χ0n) is 20.1. The number of ether oxygens (including phenoxy) is 4. The van der Waals surface area contributed by atoms with Crippen molar-refractivity contribution in [1.82, 2.24) is 4.90 Å². The van der Waals surface area contributed by atoms with Crippen molar-refractivity contribution in [1.29, 1.82) is 0 Å². The molecule has 0 aliphatic carbocycles. The Hall–Kier alpha value is -2.62. The van der Waals surface area contributed by atoms with Crippen LogP contribution in [0, 0.1) is 0 Å². The highest BCUT2D eigenvalue weighted by molar-refractivity contribution is 9.10. The molecule has 1 aliphatic heterocycles. The van der Waals surface area contributed by atoms with Gasteiger partial charge in [-0.3, -0.25) is 14.5 Å². The van der Waals surface area contributed by atoms with Crippen LogP contribution in [0.15, 0.2) is 28.7 Å². The van der Waals surface area contributed by atoms with Gasteiger partial charge in [-0.1, -0.05) is 11.6 Å². The van der Waals surface area contributed by atoms with E-state index in [4.69, 9.17) is 30.5 Å². The second-order valence-corrected chi connectivity index (χ2v) is 9.51. The number of likely N-dealkylation sites (N-methyl/N-ethyl adjacent to an activating group) is 1. The van der Waals surface area contributed by atoms with E-state index in [9.17, 15) is 14.4 Å². The fraction of sp³-hybridized carbons (Fsp3) is 0.400. The van der Waals surface area contributed by atoms with Gasteiger partial charge in [0.1, 0.15) is 23.7 Å². The molecule has 2 atom stereocenters. The molecule has 188 valence electrons. The Labute approximate surface area is 217 Å². The van der Waals surface area contributed by atoms with Crippen LogP contribution in [0.25, 0.3) is 0 Å². The zero-order valence-corrected chi connectivity index (χ0v) is 22.5. The van der Waals surface area contributed by atoms with Crippen LogP contribution in [0.3, 0.4) is 0 Å².